The van der Waals surface area contributed by atoms with E-state index in [4.69, 9.17) is 0 Å². The molecule has 0 aliphatic carbocycles. The second-order valence-corrected chi connectivity index (χ2v) is 5.01. The number of carbonyl (C=O) groups excluding carboxylic acids is 1. The highest BCUT2D eigenvalue weighted by Crippen LogP contribution is 2.23. The standard InChI is InChI=1S/C16H13N5O3/c22-16(18-9-11-2-1-7-17-8-11)14-10-19-20-15(14)12-3-5-13(6-4-12)21(23)24/h1-8,10H,9H2,(H,18,22)(H,19,20). The molecule has 0 unspecified atom stereocenters. The van der Waals surface area contributed by atoms with Crippen molar-refractivity contribution in [3.63, 3.8) is 0 Å². The van der Waals surface area contributed by atoms with Gasteiger partial charge in [-0.05, 0) is 23.8 Å². The first-order chi connectivity index (χ1) is 11.6. The van der Waals surface area contributed by atoms with Crippen LogP contribution in [0.2, 0.25) is 0 Å². The topological polar surface area (TPSA) is 114 Å². The van der Waals surface area contributed by atoms with Gasteiger partial charge in [-0.1, -0.05) is 6.07 Å². The summed E-state index contributed by atoms with van der Waals surface area (Å²) in [5.74, 6) is -0.291. The van der Waals surface area contributed by atoms with Crippen molar-refractivity contribution >= 4 is 11.6 Å². The molecule has 0 bridgehead atoms. The molecule has 2 aromatic heterocycles. The lowest BCUT2D eigenvalue weighted by molar-refractivity contribution is -0.384. The molecule has 0 fully saturated rings. The Morgan fingerprint density at radius 1 is 1.21 bits per heavy atom. The number of amides is 1. The van der Waals surface area contributed by atoms with Crippen LogP contribution >= 0.6 is 0 Å². The largest absolute Gasteiger partial charge is 0.348 e. The molecular weight excluding hydrogens is 310 g/mol. The van der Waals surface area contributed by atoms with Gasteiger partial charge in [-0.15, -0.1) is 0 Å². The average molecular weight is 323 g/mol. The summed E-state index contributed by atoms with van der Waals surface area (Å²) in [6.45, 7) is 0.345. The summed E-state index contributed by atoms with van der Waals surface area (Å²) in [7, 11) is 0. The van der Waals surface area contributed by atoms with Gasteiger partial charge >= 0.3 is 0 Å². The first-order valence-electron chi connectivity index (χ1n) is 7.10. The van der Waals surface area contributed by atoms with Gasteiger partial charge in [0.2, 0.25) is 0 Å². The average Bonchev–Trinajstić information content (AvgIpc) is 3.10. The maximum atomic E-state index is 12.3. The molecule has 120 valence electrons. The van der Waals surface area contributed by atoms with E-state index in [0.717, 1.165) is 5.56 Å². The third-order valence-corrected chi connectivity index (χ3v) is 3.43. The zero-order chi connectivity index (χ0) is 16.9. The molecule has 8 nitrogen and oxygen atoms in total. The number of H-pyrrole nitrogens is 1. The Hall–Kier alpha value is -3.55. The molecule has 0 aliphatic heterocycles. The van der Waals surface area contributed by atoms with E-state index < -0.39 is 4.92 Å². The second kappa shape index (κ2) is 6.69. The number of rotatable bonds is 5. The van der Waals surface area contributed by atoms with Crippen LogP contribution in [0.3, 0.4) is 0 Å². The minimum absolute atomic E-state index is 0.0131. The normalized spacial score (nSPS) is 10.3. The van der Waals surface area contributed by atoms with Crippen LogP contribution < -0.4 is 5.32 Å². The lowest BCUT2D eigenvalue weighted by Gasteiger charge is -2.06. The smallest absolute Gasteiger partial charge is 0.269 e. The first kappa shape index (κ1) is 15.3. The number of nitrogens with zero attached hydrogens (tertiary/aromatic N) is 3. The van der Waals surface area contributed by atoms with Crippen molar-refractivity contribution in [3.05, 3.63) is 76.2 Å². The Morgan fingerprint density at radius 2 is 2.00 bits per heavy atom. The minimum atomic E-state index is -0.474. The molecule has 0 saturated carbocycles. The van der Waals surface area contributed by atoms with E-state index >= 15 is 0 Å². The number of nitro benzene ring substituents is 1. The predicted octanol–water partition coefficient (Wildman–Crippen LogP) is 2.31. The van der Waals surface area contributed by atoms with Crippen LogP contribution in [0, 0.1) is 10.1 Å². The van der Waals surface area contributed by atoms with Crippen LogP contribution in [0.4, 0.5) is 5.69 Å². The van der Waals surface area contributed by atoms with Gasteiger partial charge in [0.1, 0.15) is 0 Å². The number of aromatic amines is 1. The maximum Gasteiger partial charge on any atom is 0.269 e. The molecule has 24 heavy (non-hydrogen) atoms. The number of nitrogens with one attached hydrogen (secondary N) is 2. The molecule has 0 spiro atoms. The first-order valence-corrected chi connectivity index (χ1v) is 7.10. The van der Waals surface area contributed by atoms with Crippen LogP contribution in [-0.2, 0) is 6.54 Å². The second-order valence-electron chi connectivity index (χ2n) is 5.01. The summed E-state index contributed by atoms with van der Waals surface area (Å²) in [5, 5.41) is 20.2. The summed E-state index contributed by atoms with van der Waals surface area (Å²) in [6, 6.07) is 9.57. The number of hydrogen-bond acceptors (Lipinski definition) is 5. The Morgan fingerprint density at radius 3 is 2.67 bits per heavy atom. The van der Waals surface area contributed by atoms with E-state index in [9.17, 15) is 14.9 Å². The van der Waals surface area contributed by atoms with E-state index in [0.29, 0.717) is 23.4 Å². The number of aromatic nitrogens is 3. The lowest BCUT2D eigenvalue weighted by Crippen LogP contribution is -2.23. The monoisotopic (exact) mass is 323 g/mol. The van der Waals surface area contributed by atoms with Gasteiger partial charge in [-0.3, -0.25) is 25.0 Å². The fourth-order valence-corrected chi connectivity index (χ4v) is 2.21. The molecule has 8 heteroatoms. The number of pyridine rings is 1. The SMILES string of the molecule is O=C(NCc1cccnc1)c1cn[nH]c1-c1ccc([N+](=O)[O-])cc1. The van der Waals surface area contributed by atoms with Crippen molar-refractivity contribution in [2.45, 2.75) is 6.54 Å². The summed E-state index contributed by atoms with van der Waals surface area (Å²) in [5.41, 5.74) is 2.39. The number of nitro groups is 1. The van der Waals surface area contributed by atoms with E-state index in [1.165, 1.54) is 18.3 Å². The Labute approximate surface area is 136 Å². The number of non-ortho nitro benzene ring substituents is 1. The number of carbonyl (C=O) groups is 1. The van der Waals surface area contributed by atoms with E-state index in [-0.39, 0.29) is 11.6 Å². The zero-order valence-corrected chi connectivity index (χ0v) is 12.5. The van der Waals surface area contributed by atoms with E-state index in [2.05, 4.69) is 20.5 Å². The number of benzene rings is 1. The Balaban J connectivity index is 1.77. The highest BCUT2D eigenvalue weighted by atomic mass is 16.6. The van der Waals surface area contributed by atoms with Crippen LogP contribution in [0.1, 0.15) is 15.9 Å². The van der Waals surface area contributed by atoms with Crippen molar-refractivity contribution < 1.29 is 9.72 Å². The van der Waals surface area contributed by atoms with Gasteiger partial charge in [0.05, 0.1) is 22.4 Å². The molecule has 3 rings (SSSR count). The third kappa shape index (κ3) is 3.27. The van der Waals surface area contributed by atoms with Gasteiger partial charge in [-0.25, -0.2) is 0 Å². The van der Waals surface area contributed by atoms with Gasteiger partial charge in [0.25, 0.3) is 11.6 Å². The van der Waals surface area contributed by atoms with E-state index in [1.807, 2.05) is 6.07 Å². The molecular formula is C16H13N5O3. The molecule has 1 aromatic carbocycles. The van der Waals surface area contributed by atoms with Crippen molar-refractivity contribution in [1.82, 2.24) is 20.5 Å². The molecule has 0 radical (unpaired) electrons. The quantitative estimate of drug-likeness (QED) is 0.552. The Kier molecular flexibility index (Phi) is 4.28. The molecule has 0 saturated heterocycles. The van der Waals surface area contributed by atoms with Gasteiger partial charge < -0.3 is 5.32 Å². The fourth-order valence-electron chi connectivity index (χ4n) is 2.21. The van der Waals surface area contributed by atoms with Crippen LogP contribution in [-0.4, -0.2) is 26.0 Å². The molecule has 0 aliphatic rings. The highest BCUT2D eigenvalue weighted by molar-refractivity contribution is 5.99. The lowest BCUT2D eigenvalue weighted by atomic mass is 10.1. The highest BCUT2D eigenvalue weighted by Gasteiger charge is 2.16. The van der Waals surface area contributed by atoms with Crippen molar-refractivity contribution in [1.29, 1.82) is 0 Å². The fraction of sp³-hybridized carbons (Fsp3) is 0.0625. The molecule has 1 amide bonds. The van der Waals surface area contributed by atoms with Crippen molar-refractivity contribution in [2.24, 2.45) is 0 Å². The summed E-state index contributed by atoms with van der Waals surface area (Å²) < 4.78 is 0. The van der Waals surface area contributed by atoms with Crippen molar-refractivity contribution in [3.8, 4) is 11.3 Å². The zero-order valence-electron chi connectivity index (χ0n) is 12.5. The minimum Gasteiger partial charge on any atom is -0.348 e. The maximum absolute atomic E-state index is 12.3. The molecule has 2 N–H and O–H groups in total. The molecule has 3 aromatic rings. The summed E-state index contributed by atoms with van der Waals surface area (Å²) in [4.78, 5) is 26.6. The van der Waals surface area contributed by atoms with Gasteiger partial charge in [0, 0.05) is 36.6 Å². The third-order valence-electron chi connectivity index (χ3n) is 3.43. The van der Waals surface area contributed by atoms with Crippen LogP contribution in [0.5, 0.6) is 0 Å². The van der Waals surface area contributed by atoms with E-state index in [1.54, 1.807) is 30.6 Å². The molecule has 0 atom stereocenters. The van der Waals surface area contributed by atoms with Crippen LogP contribution in [0.25, 0.3) is 11.3 Å². The van der Waals surface area contributed by atoms with Gasteiger partial charge in [-0.2, -0.15) is 5.10 Å². The summed E-state index contributed by atoms with van der Waals surface area (Å²) >= 11 is 0. The Bertz CT molecular complexity index is 859. The number of hydrogen-bond donors (Lipinski definition) is 2. The van der Waals surface area contributed by atoms with Gasteiger partial charge in [0.15, 0.2) is 0 Å². The predicted molar refractivity (Wildman–Crippen MR) is 86.1 cm³/mol. The van der Waals surface area contributed by atoms with Crippen LogP contribution in [0.15, 0.2) is 55.0 Å². The van der Waals surface area contributed by atoms with Crippen molar-refractivity contribution in [2.75, 3.05) is 0 Å². The molecule has 2 heterocycles. The summed E-state index contributed by atoms with van der Waals surface area (Å²) in [6.07, 6.45) is 4.76.